The maximum absolute atomic E-state index is 13.9. The number of β-amino-alcohol motifs (C(OH)–C–C–N with tert-alkyl or cyclic N) is 1. The largest absolute Gasteiger partial charge is 0.457 e. The highest BCUT2D eigenvalue weighted by Crippen LogP contribution is 2.29. The minimum Gasteiger partial charge on any atom is -0.457 e. The van der Waals surface area contributed by atoms with E-state index in [2.05, 4.69) is 15.6 Å². The van der Waals surface area contributed by atoms with Crippen LogP contribution in [0.3, 0.4) is 0 Å². The number of hydrogen-bond acceptors (Lipinski definition) is 10. The Morgan fingerprint density at radius 3 is 2.21 bits per heavy atom. The van der Waals surface area contributed by atoms with Crippen LogP contribution in [-0.4, -0.2) is 76.3 Å². The predicted molar refractivity (Wildman–Crippen MR) is 196 cm³/mol. The number of carbonyl (C=O) groups is 3. The minimum atomic E-state index is -1.000. The molecule has 12 nitrogen and oxygen atoms in total. The molecule has 1 unspecified atom stereocenters. The smallest absolute Gasteiger partial charge is 0.246 e. The van der Waals surface area contributed by atoms with Crippen molar-refractivity contribution in [2.75, 3.05) is 20.3 Å². The quantitative estimate of drug-likeness (QED) is 0.133. The van der Waals surface area contributed by atoms with Gasteiger partial charge in [0, 0.05) is 32.2 Å². The summed E-state index contributed by atoms with van der Waals surface area (Å²) in [5.41, 5.74) is 5.45. The van der Waals surface area contributed by atoms with Gasteiger partial charge in [0.15, 0.2) is 6.29 Å². The molecule has 4 N–H and O–H groups in total. The van der Waals surface area contributed by atoms with Gasteiger partial charge in [-0.1, -0.05) is 69.3 Å². The van der Waals surface area contributed by atoms with Crippen LogP contribution in [0.2, 0.25) is 0 Å². The van der Waals surface area contributed by atoms with Gasteiger partial charge in [-0.2, -0.15) is 0 Å². The Hall–Kier alpha value is -4.66. The van der Waals surface area contributed by atoms with Crippen LogP contribution < -0.4 is 15.4 Å². The third kappa shape index (κ3) is 10.0. The third-order valence-electron chi connectivity index (χ3n) is 8.76. The molecule has 0 spiro atoms. The van der Waals surface area contributed by atoms with Gasteiger partial charge in [-0.3, -0.25) is 14.4 Å². The maximum atomic E-state index is 13.9. The van der Waals surface area contributed by atoms with Gasteiger partial charge in [0.2, 0.25) is 17.7 Å². The molecule has 4 atom stereocenters. The summed E-state index contributed by atoms with van der Waals surface area (Å²) in [6, 6.07) is 20.1. The number of amides is 3. The number of thiazole rings is 1. The Kier molecular flexibility index (Phi) is 12.8. The number of likely N-dealkylation sites (tertiary alicyclic amines) is 1. The number of benzene rings is 3. The lowest BCUT2D eigenvalue weighted by Gasteiger charge is -2.35. The standard InChI is InChI=1S/C39H46N4O8S/c1-24-34(52-23-41-24)27-10-6-25(7-11-27)19-40-36(46)32-18-29(44)20-43(32)37(47)35(39(2,3)4)42-33(45)22-50-21-26-8-14-30(15-9-26)51-31-16-12-28(13-17-31)38(48)49-5/h6-17,23,29,32,35,38,44,48H,18-22H2,1-5H3,(H,40,46)(H,42,45)/t29-,32+,35-,38?/m1/s1. The van der Waals surface area contributed by atoms with E-state index in [1.807, 2.05) is 69.6 Å². The maximum Gasteiger partial charge on any atom is 0.246 e. The lowest BCUT2D eigenvalue weighted by atomic mass is 9.85. The molecule has 3 aromatic carbocycles. The molecule has 0 bridgehead atoms. The fraction of sp³-hybridized carbons (Fsp3) is 0.385. The van der Waals surface area contributed by atoms with Crippen LogP contribution in [0, 0.1) is 12.3 Å². The molecule has 4 aromatic rings. The van der Waals surface area contributed by atoms with E-state index in [1.165, 1.54) is 12.0 Å². The zero-order valence-corrected chi connectivity index (χ0v) is 30.8. The Balaban J connectivity index is 1.11. The first-order chi connectivity index (χ1) is 24.8. The average molecular weight is 731 g/mol. The van der Waals surface area contributed by atoms with Crippen molar-refractivity contribution in [1.82, 2.24) is 20.5 Å². The molecule has 2 heterocycles. The zero-order valence-electron chi connectivity index (χ0n) is 30.0. The van der Waals surface area contributed by atoms with E-state index in [1.54, 1.807) is 47.7 Å². The van der Waals surface area contributed by atoms with Crippen LogP contribution in [0.1, 0.15) is 55.9 Å². The predicted octanol–water partition coefficient (Wildman–Crippen LogP) is 4.87. The first kappa shape index (κ1) is 38.6. The van der Waals surface area contributed by atoms with Crippen molar-refractivity contribution in [3.63, 3.8) is 0 Å². The Morgan fingerprint density at radius 2 is 1.62 bits per heavy atom. The normalized spacial score (nSPS) is 17.0. The second-order valence-electron chi connectivity index (χ2n) is 13.8. The summed E-state index contributed by atoms with van der Waals surface area (Å²) in [6.07, 6.45) is -1.77. The number of aliphatic hydroxyl groups is 2. The SMILES string of the molecule is COC(O)c1ccc(Oc2ccc(COCC(=O)N[C@H](C(=O)N3C[C@H](O)C[C@H]3C(=O)NCc3ccc(-c4scnc4C)cc3)C(C)(C)C)cc2)cc1. The molecule has 1 aromatic heterocycles. The highest BCUT2D eigenvalue weighted by atomic mass is 32.1. The van der Waals surface area contributed by atoms with Crippen molar-refractivity contribution in [2.24, 2.45) is 5.41 Å². The number of nitrogens with zero attached hydrogens (tertiary/aromatic N) is 2. The molecule has 3 amide bonds. The average Bonchev–Trinajstić information content (AvgIpc) is 3.75. The van der Waals surface area contributed by atoms with E-state index in [0.29, 0.717) is 17.1 Å². The highest BCUT2D eigenvalue weighted by Gasteiger charge is 2.44. The number of ether oxygens (including phenoxy) is 3. The topological polar surface area (TPSA) is 160 Å². The number of aryl methyl sites for hydroxylation is 1. The molecular weight excluding hydrogens is 685 g/mol. The number of methoxy groups -OCH3 is 1. The van der Waals surface area contributed by atoms with Crippen molar-refractivity contribution in [3.05, 3.63) is 101 Å². The number of carbonyl (C=O) groups excluding carboxylic acids is 3. The second-order valence-corrected chi connectivity index (χ2v) is 14.7. The van der Waals surface area contributed by atoms with E-state index >= 15 is 0 Å². The van der Waals surface area contributed by atoms with Crippen LogP contribution in [0.15, 0.2) is 78.3 Å². The zero-order chi connectivity index (χ0) is 37.4. The van der Waals surface area contributed by atoms with Crippen molar-refractivity contribution in [2.45, 2.75) is 71.7 Å². The van der Waals surface area contributed by atoms with Crippen molar-refractivity contribution in [3.8, 4) is 21.9 Å². The minimum absolute atomic E-state index is 0.0132. The molecule has 1 saturated heterocycles. The van der Waals surface area contributed by atoms with Crippen LogP contribution in [-0.2, 0) is 37.0 Å². The number of aliphatic hydroxyl groups excluding tert-OH is 2. The second kappa shape index (κ2) is 17.2. The molecule has 52 heavy (non-hydrogen) atoms. The van der Waals surface area contributed by atoms with E-state index in [4.69, 9.17) is 14.2 Å². The lowest BCUT2D eigenvalue weighted by Crippen LogP contribution is -2.58. The highest BCUT2D eigenvalue weighted by molar-refractivity contribution is 7.13. The molecule has 0 aliphatic carbocycles. The fourth-order valence-electron chi connectivity index (χ4n) is 5.87. The van der Waals surface area contributed by atoms with E-state index < -0.39 is 41.7 Å². The summed E-state index contributed by atoms with van der Waals surface area (Å²) >= 11 is 1.57. The number of aromatic nitrogens is 1. The van der Waals surface area contributed by atoms with Gasteiger partial charge in [0.25, 0.3) is 0 Å². The Bertz CT molecular complexity index is 1810. The summed E-state index contributed by atoms with van der Waals surface area (Å²) in [6.45, 7) is 7.57. The van der Waals surface area contributed by atoms with Gasteiger partial charge in [-0.25, -0.2) is 4.98 Å². The van der Waals surface area contributed by atoms with Gasteiger partial charge in [0.05, 0.1) is 28.8 Å². The monoisotopic (exact) mass is 730 g/mol. The summed E-state index contributed by atoms with van der Waals surface area (Å²) in [5.74, 6) is -0.0976. The summed E-state index contributed by atoms with van der Waals surface area (Å²) in [4.78, 5) is 47.1. The molecule has 1 aliphatic rings. The number of rotatable bonds is 14. The van der Waals surface area contributed by atoms with Crippen LogP contribution in [0.4, 0.5) is 0 Å². The lowest BCUT2D eigenvalue weighted by molar-refractivity contribution is -0.144. The molecular formula is C39H46N4O8S. The molecule has 1 fully saturated rings. The van der Waals surface area contributed by atoms with Gasteiger partial charge >= 0.3 is 0 Å². The summed E-state index contributed by atoms with van der Waals surface area (Å²) < 4.78 is 16.4. The van der Waals surface area contributed by atoms with Crippen molar-refractivity contribution < 1.29 is 38.8 Å². The molecule has 13 heteroatoms. The summed E-state index contributed by atoms with van der Waals surface area (Å²) in [7, 11) is 1.42. The molecule has 276 valence electrons. The van der Waals surface area contributed by atoms with E-state index in [9.17, 15) is 24.6 Å². The van der Waals surface area contributed by atoms with Gasteiger partial charge < -0.3 is 40.0 Å². The van der Waals surface area contributed by atoms with Crippen molar-refractivity contribution >= 4 is 29.1 Å². The van der Waals surface area contributed by atoms with Crippen LogP contribution in [0.5, 0.6) is 11.5 Å². The van der Waals surface area contributed by atoms with Crippen molar-refractivity contribution in [1.29, 1.82) is 0 Å². The Labute approximate surface area is 307 Å². The molecule has 0 saturated carbocycles. The summed E-state index contributed by atoms with van der Waals surface area (Å²) in [5, 5.41) is 26.0. The molecule has 0 radical (unpaired) electrons. The van der Waals surface area contributed by atoms with Gasteiger partial charge in [-0.05, 0) is 53.3 Å². The van der Waals surface area contributed by atoms with E-state index in [0.717, 1.165) is 27.3 Å². The Morgan fingerprint density at radius 1 is 0.981 bits per heavy atom. The third-order valence-corrected chi connectivity index (χ3v) is 9.74. The van der Waals surface area contributed by atoms with Crippen LogP contribution in [0.25, 0.3) is 10.4 Å². The number of hydrogen-bond donors (Lipinski definition) is 4. The van der Waals surface area contributed by atoms with Gasteiger partial charge in [-0.15, -0.1) is 11.3 Å². The van der Waals surface area contributed by atoms with Gasteiger partial charge in [0.1, 0.15) is 30.2 Å². The number of nitrogens with one attached hydrogen (secondary N) is 2. The van der Waals surface area contributed by atoms with E-state index in [-0.39, 0.29) is 38.6 Å². The molecule has 5 rings (SSSR count). The first-order valence-corrected chi connectivity index (χ1v) is 17.9. The fourth-order valence-corrected chi connectivity index (χ4v) is 6.68. The molecule has 1 aliphatic heterocycles. The van der Waals surface area contributed by atoms with Crippen LogP contribution >= 0.6 is 11.3 Å². The first-order valence-electron chi connectivity index (χ1n) is 17.0.